The number of hydrogen-bond donors (Lipinski definition) is 7. The van der Waals surface area contributed by atoms with Crippen LogP contribution in [0.1, 0.15) is 39.7 Å². The van der Waals surface area contributed by atoms with Crippen LogP contribution in [0.3, 0.4) is 0 Å². The number of benzene rings is 1. The minimum absolute atomic E-state index is 0.0135. The maximum absolute atomic E-state index is 12.8. The summed E-state index contributed by atoms with van der Waals surface area (Å²) in [7, 11) is 0. The highest BCUT2D eigenvalue weighted by molar-refractivity contribution is 5.94. The average molecular weight is 481 g/mol. The van der Waals surface area contributed by atoms with Gasteiger partial charge in [0.25, 0.3) is 0 Å². The number of hydrogen-bond acceptors (Lipinski definition) is 7. The summed E-state index contributed by atoms with van der Waals surface area (Å²) in [6.45, 7) is 6.32. The summed E-state index contributed by atoms with van der Waals surface area (Å²) in [6.07, 6.45) is 0.598. The molecule has 0 aliphatic carbocycles. The lowest BCUT2D eigenvalue weighted by Crippen LogP contribution is -2.59. The van der Waals surface area contributed by atoms with Gasteiger partial charge in [-0.3, -0.25) is 14.4 Å². The van der Waals surface area contributed by atoms with Crippen molar-refractivity contribution in [3.63, 3.8) is 0 Å². The first kappa shape index (κ1) is 28.9. The highest BCUT2D eigenvalue weighted by Crippen LogP contribution is 2.12. The Balaban J connectivity index is 2.86. The number of carbonyl (C=O) groups excluding carboxylic acids is 3. The molecule has 0 aromatic heterocycles. The lowest BCUT2D eigenvalue weighted by atomic mass is 9.97. The first-order valence-corrected chi connectivity index (χ1v) is 11.2. The van der Waals surface area contributed by atoms with Crippen molar-refractivity contribution >= 4 is 23.7 Å². The topological polar surface area (TPSA) is 191 Å². The van der Waals surface area contributed by atoms with Gasteiger partial charge in [-0.2, -0.15) is 0 Å². The van der Waals surface area contributed by atoms with Gasteiger partial charge in [-0.05, 0) is 29.5 Å². The number of carboxylic acid groups (broad SMARTS) is 1. The molecule has 1 aromatic carbocycles. The predicted octanol–water partition coefficient (Wildman–Crippen LogP) is -0.505. The van der Waals surface area contributed by atoms with Crippen molar-refractivity contribution < 1.29 is 34.5 Å². The standard InChI is InChI=1S/C23H36N4O7/c1-5-13(4)18(24)21(31)27-19(12(2)3)22(32)26-17(11-28)20(30)25-16(23(33)34)10-14-6-8-15(29)9-7-14/h6-9,12-13,16-19,28-29H,5,10-11,24H2,1-4H3,(H,25,30)(H,26,32)(H,27,31)(H,33,34). The van der Waals surface area contributed by atoms with Gasteiger partial charge in [0.15, 0.2) is 0 Å². The molecular formula is C23H36N4O7. The van der Waals surface area contributed by atoms with E-state index in [0.29, 0.717) is 12.0 Å². The van der Waals surface area contributed by atoms with Gasteiger partial charge in [0, 0.05) is 6.42 Å². The number of carboxylic acids is 1. The van der Waals surface area contributed by atoms with E-state index in [9.17, 15) is 34.5 Å². The maximum Gasteiger partial charge on any atom is 0.326 e. The normalized spacial score (nSPS) is 15.5. The summed E-state index contributed by atoms with van der Waals surface area (Å²) in [5.41, 5.74) is 6.48. The molecule has 1 rings (SSSR count). The fraction of sp³-hybridized carbons (Fsp3) is 0.565. The van der Waals surface area contributed by atoms with Crippen molar-refractivity contribution in [1.29, 1.82) is 0 Å². The molecule has 11 heteroatoms. The van der Waals surface area contributed by atoms with Gasteiger partial charge in [0.1, 0.15) is 23.9 Å². The molecule has 34 heavy (non-hydrogen) atoms. The zero-order valence-corrected chi connectivity index (χ0v) is 19.9. The molecular weight excluding hydrogens is 444 g/mol. The minimum atomic E-state index is -1.43. The highest BCUT2D eigenvalue weighted by Gasteiger charge is 2.32. The van der Waals surface area contributed by atoms with Gasteiger partial charge in [0.05, 0.1) is 12.6 Å². The first-order chi connectivity index (χ1) is 15.9. The van der Waals surface area contributed by atoms with Crippen LogP contribution in [0.25, 0.3) is 0 Å². The lowest BCUT2D eigenvalue weighted by molar-refractivity contribution is -0.142. The van der Waals surface area contributed by atoms with E-state index in [1.165, 1.54) is 24.3 Å². The Morgan fingerprint density at radius 2 is 1.47 bits per heavy atom. The molecule has 0 radical (unpaired) electrons. The Hall–Kier alpha value is -3.18. The number of nitrogens with one attached hydrogen (secondary N) is 3. The summed E-state index contributed by atoms with van der Waals surface area (Å²) >= 11 is 0. The summed E-state index contributed by atoms with van der Waals surface area (Å²) in [5.74, 6) is -3.86. The third kappa shape index (κ3) is 8.64. The van der Waals surface area contributed by atoms with Gasteiger partial charge < -0.3 is 37.0 Å². The lowest BCUT2D eigenvalue weighted by Gasteiger charge is -2.27. The van der Waals surface area contributed by atoms with E-state index in [-0.39, 0.29) is 24.0 Å². The van der Waals surface area contributed by atoms with E-state index >= 15 is 0 Å². The van der Waals surface area contributed by atoms with Crippen LogP contribution in [0.2, 0.25) is 0 Å². The van der Waals surface area contributed by atoms with Crippen LogP contribution in [-0.2, 0) is 25.6 Å². The van der Waals surface area contributed by atoms with E-state index in [0.717, 1.165) is 0 Å². The smallest absolute Gasteiger partial charge is 0.326 e. The van der Waals surface area contributed by atoms with E-state index in [4.69, 9.17) is 5.73 Å². The van der Waals surface area contributed by atoms with Crippen LogP contribution in [0.4, 0.5) is 0 Å². The molecule has 3 amide bonds. The number of phenolic OH excluding ortho intramolecular Hbond substituents is 1. The Labute approximate surface area is 199 Å². The van der Waals surface area contributed by atoms with Crippen molar-refractivity contribution in [1.82, 2.24) is 16.0 Å². The van der Waals surface area contributed by atoms with Crippen molar-refractivity contribution in [3.8, 4) is 5.75 Å². The summed E-state index contributed by atoms with van der Waals surface area (Å²) < 4.78 is 0. The molecule has 0 fully saturated rings. The number of carbonyl (C=O) groups is 4. The van der Waals surface area contributed by atoms with E-state index in [1.807, 2.05) is 13.8 Å². The molecule has 0 saturated carbocycles. The van der Waals surface area contributed by atoms with Crippen LogP contribution >= 0.6 is 0 Å². The van der Waals surface area contributed by atoms with Crippen molar-refractivity contribution in [3.05, 3.63) is 29.8 Å². The minimum Gasteiger partial charge on any atom is -0.508 e. The number of nitrogens with two attached hydrogens (primary N) is 1. The predicted molar refractivity (Wildman–Crippen MR) is 125 cm³/mol. The maximum atomic E-state index is 12.8. The second kappa shape index (κ2) is 13.5. The fourth-order valence-corrected chi connectivity index (χ4v) is 3.09. The Bertz CT molecular complexity index is 844. The second-order valence-corrected chi connectivity index (χ2v) is 8.66. The monoisotopic (exact) mass is 480 g/mol. The molecule has 0 spiro atoms. The molecule has 0 bridgehead atoms. The SMILES string of the molecule is CCC(C)C(N)C(=O)NC(C(=O)NC(CO)C(=O)NC(Cc1ccc(O)cc1)C(=O)O)C(C)C. The van der Waals surface area contributed by atoms with Gasteiger partial charge >= 0.3 is 5.97 Å². The third-order valence-corrected chi connectivity index (χ3v) is 5.61. The van der Waals surface area contributed by atoms with Crippen LogP contribution < -0.4 is 21.7 Å². The zero-order valence-electron chi connectivity index (χ0n) is 19.9. The fourth-order valence-electron chi connectivity index (χ4n) is 3.09. The van der Waals surface area contributed by atoms with E-state index in [1.54, 1.807) is 13.8 Å². The van der Waals surface area contributed by atoms with Crippen LogP contribution in [-0.4, -0.2) is 69.8 Å². The van der Waals surface area contributed by atoms with Crippen molar-refractivity contribution in [2.75, 3.05) is 6.61 Å². The number of aliphatic carboxylic acids is 1. The molecule has 5 unspecified atom stereocenters. The summed E-state index contributed by atoms with van der Waals surface area (Å²) in [4.78, 5) is 49.5. The molecule has 11 nitrogen and oxygen atoms in total. The number of aromatic hydroxyl groups is 1. The van der Waals surface area contributed by atoms with E-state index < -0.39 is 54.5 Å². The van der Waals surface area contributed by atoms with Gasteiger partial charge in [0.2, 0.25) is 17.7 Å². The molecule has 5 atom stereocenters. The van der Waals surface area contributed by atoms with E-state index in [2.05, 4.69) is 16.0 Å². The highest BCUT2D eigenvalue weighted by atomic mass is 16.4. The Morgan fingerprint density at radius 1 is 0.912 bits per heavy atom. The Morgan fingerprint density at radius 3 is 1.94 bits per heavy atom. The molecule has 0 aliphatic heterocycles. The number of phenols is 1. The van der Waals surface area contributed by atoms with Gasteiger partial charge in [-0.25, -0.2) is 4.79 Å². The van der Waals surface area contributed by atoms with Gasteiger partial charge in [-0.15, -0.1) is 0 Å². The quantitative estimate of drug-likeness (QED) is 0.196. The molecule has 0 aliphatic rings. The molecule has 0 heterocycles. The first-order valence-electron chi connectivity index (χ1n) is 11.2. The third-order valence-electron chi connectivity index (χ3n) is 5.61. The van der Waals surface area contributed by atoms with Crippen molar-refractivity contribution in [2.45, 2.75) is 64.7 Å². The average Bonchev–Trinajstić information content (AvgIpc) is 2.79. The summed E-state index contributed by atoms with van der Waals surface area (Å²) in [6, 6.07) is 1.21. The number of rotatable bonds is 13. The molecule has 0 saturated heterocycles. The van der Waals surface area contributed by atoms with Crippen LogP contribution in [0, 0.1) is 11.8 Å². The molecule has 190 valence electrons. The van der Waals surface area contributed by atoms with Crippen molar-refractivity contribution in [2.24, 2.45) is 17.6 Å². The van der Waals surface area contributed by atoms with Crippen LogP contribution in [0.5, 0.6) is 5.75 Å². The Kier molecular flexibility index (Phi) is 11.5. The summed E-state index contributed by atoms with van der Waals surface area (Å²) in [5, 5.41) is 35.8. The van der Waals surface area contributed by atoms with Crippen LogP contribution in [0.15, 0.2) is 24.3 Å². The number of aliphatic hydroxyl groups is 1. The molecule has 8 N–H and O–H groups in total. The second-order valence-electron chi connectivity index (χ2n) is 8.66. The number of amides is 3. The van der Waals surface area contributed by atoms with Gasteiger partial charge in [-0.1, -0.05) is 46.2 Å². The zero-order chi connectivity index (χ0) is 26.0. The number of aliphatic hydroxyl groups excluding tert-OH is 1. The molecule has 1 aromatic rings. The largest absolute Gasteiger partial charge is 0.508 e.